The molecule has 1 N–H and O–H groups in total. The minimum absolute atomic E-state index is 0.0581. The van der Waals surface area contributed by atoms with Gasteiger partial charge >= 0.3 is 0 Å². The average Bonchev–Trinajstić information content (AvgIpc) is 2.84. The van der Waals surface area contributed by atoms with Gasteiger partial charge in [0.15, 0.2) is 0 Å². The van der Waals surface area contributed by atoms with Gasteiger partial charge in [-0.2, -0.15) is 9.61 Å². The van der Waals surface area contributed by atoms with E-state index in [0.29, 0.717) is 15.0 Å². The lowest BCUT2D eigenvalue weighted by molar-refractivity contribution is 0.102. The van der Waals surface area contributed by atoms with Gasteiger partial charge in [-0.05, 0) is 19.1 Å². The van der Waals surface area contributed by atoms with Gasteiger partial charge in [0, 0.05) is 0 Å². The van der Waals surface area contributed by atoms with Crippen LogP contribution in [0, 0.1) is 6.92 Å². The Morgan fingerprint density at radius 3 is 2.90 bits per heavy atom. The zero-order valence-corrected chi connectivity index (χ0v) is 12.4. The predicted octanol–water partition coefficient (Wildman–Crippen LogP) is 2.37. The number of carbonyl (C=O) groups is 1. The van der Waals surface area contributed by atoms with Crippen LogP contribution in [0.4, 0.5) is 5.69 Å². The Morgan fingerprint density at radius 2 is 2.14 bits per heavy atom. The summed E-state index contributed by atoms with van der Waals surface area (Å²) >= 11 is 7.25. The van der Waals surface area contributed by atoms with Crippen LogP contribution in [-0.4, -0.2) is 20.5 Å². The first kappa shape index (κ1) is 13.7. The molecule has 106 valence electrons. The third-order valence-corrected chi connectivity index (χ3v) is 3.92. The molecule has 1 amide bonds. The second-order valence-corrected chi connectivity index (χ2v) is 5.79. The molecule has 0 radical (unpaired) electrons. The molecule has 0 spiro atoms. The largest absolute Gasteiger partial charge is 0.316 e. The van der Waals surface area contributed by atoms with Crippen LogP contribution < -0.4 is 10.9 Å². The second kappa shape index (κ2) is 5.27. The van der Waals surface area contributed by atoms with E-state index in [1.54, 1.807) is 31.2 Å². The summed E-state index contributed by atoms with van der Waals surface area (Å²) in [6.45, 7) is 1.78. The van der Waals surface area contributed by atoms with Crippen molar-refractivity contribution in [3.05, 3.63) is 56.4 Å². The van der Waals surface area contributed by atoms with E-state index in [1.165, 1.54) is 22.0 Å². The summed E-state index contributed by atoms with van der Waals surface area (Å²) in [7, 11) is 0. The quantitative estimate of drug-likeness (QED) is 0.786. The van der Waals surface area contributed by atoms with Gasteiger partial charge in [0.25, 0.3) is 11.5 Å². The van der Waals surface area contributed by atoms with E-state index in [2.05, 4.69) is 15.4 Å². The van der Waals surface area contributed by atoms with Crippen LogP contribution in [0.5, 0.6) is 0 Å². The van der Waals surface area contributed by atoms with E-state index in [0.717, 1.165) is 0 Å². The number of rotatable bonds is 2. The van der Waals surface area contributed by atoms with Crippen molar-refractivity contribution in [3.63, 3.8) is 0 Å². The maximum Gasteiger partial charge on any atom is 0.298 e. The summed E-state index contributed by atoms with van der Waals surface area (Å²) in [5, 5.41) is 7.60. The van der Waals surface area contributed by atoms with Crippen molar-refractivity contribution >= 4 is 39.5 Å². The van der Waals surface area contributed by atoms with Crippen LogP contribution >= 0.6 is 22.9 Å². The lowest BCUT2D eigenvalue weighted by Gasteiger charge is -2.05. The van der Waals surface area contributed by atoms with Crippen LogP contribution in [0.3, 0.4) is 0 Å². The number of fused-ring (bicyclic) bond motifs is 1. The van der Waals surface area contributed by atoms with Crippen LogP contribution in [0.2, 0.25) is 5.02 Å². The van der Waals surface area contributed by atoms with Gasteiger partial charge in [0.2, 0.25) is 4.96 Å². The standard InChI is InChI=1S/C13H9ClN4O2S/c1-7-17-18-12(20)10(6-15-13(18)21-7)16-11(19)8-4-2-3-5-9(8)14/h2-6H,1H3,(H,16,19). The van der Waals surface area contributed by atoms with E-state index >= 15 is 0 Å². The molecule has 8 heteroatoms. The fourth-order valence-corrected chi connectivity index (χ4v) is 2.73. The van der Waals surface area contributed by atoms with Gasteiger partial charge in [-0.25, -0.2) is 4.98 Å². The number of amides is 1. The number of nitrogens with one attached hydrogen (secondary N) is 1. The molecular formula is C13H9ClN4O2S. The van der Waals surface area contributed by atoms with Crippen LogP contribution in [0.25, 0.3) is 4.96 Å². The highest BCUT2D eigenvalue weighted by Gasteiger charge is 2.14. The first-order valence-electron chi connectivity index (χ1n) is 5.97. The summed E-state index contributed by atoms with van der Waals surface area (Å²) < 4.78 is 1.17. The minimum Gasteiger partial charge on any atom is -0.316 e. The molecular weight excluding hydrogens is 312 g/mol. The molecule has 0 aliphatic rings. The molecule has 21 heavy (non-hydrogen) atoms. The molecule has 1 aromatic carbocycles. The van der Waals surface area contributed by atoms with E-state index in [9.17, 15) is 9.59 Å². The molecule has 3 rings (SSSR count). The van der Waals surface area contributed by atoms with E-state index in [4.69, 9.17) is 11.6 Å². The highest BCUT2D eigenvalue weighted by atomic mass is 35.5. The highest BCUT2D eigenvalue weighted by molar-refractivity contribution is 7.16. The Labute approximate surface area is 128 Å². The van der Waals surface area contributed by atoms with Gasteiger partial charge < -0.3 is 5.32 Å². The fraction of sp³-hybridized carbons (Fsp3) is 0.0769. The first-order chi connectivity index (χ1) is 10.1. The monoisotopic (exact) mass is 320 g/mol. The zero-order valence-electron chi connectivity index (χ0n) is 10.8. The van der Waals surface area contributed by atoms with Crippen molar-refractivity contribution in [3.8, 4) is 0 Å². The van der Waals surface area contributed by atoms with Gasteiger partial charge in [0.1, 0.15) is 10.7 Å². The molecule has 0 aliphatic carbocycles. The molecule has 0 atom stereocenters. The Bertz CT molecular complexity index is 903. The normalized spacial score (nSPS) is 10.8. The molecule has 3 aromatic rings. The average molecular weight is 321 g/mol. The van der Waals surface area contributed by atoms with Crippen molar-refractivity contribution in [1.82, 2.24) is 14.6 Å². The van der Waals surface area contributed by atoms with Crippen molar-refractivity contribution < 1.29 is 4.79 Å². The maximum atomic E-state index is 12.2. The summed E-state index contributed by atoms with van der Waals surface area (Å²) in [5.74, 6) is -0.466. The third kappa shape index (κ3) is 2.53. The Morgan fingerprint density at radius 1 is 1.38 bits per heavy atom. The molecule has 0 aliphatic heterocycles. The molecule has 0 saturated heterocycles. The number of aryl methyl sites for hydroxylation is 1. The number of anilines is 1. The third-order valence-electron chi connectivity index (χ3n) is 2.75. The van der Waals surface area contributed by atoms with Gasteiger partial charge in [0.05, 0.1) is 16.8 Å². The van der Waals surface area contributed by atoms with E-state index < -0.39 is 11.5 Å². The van der Waals surface area contributed by atoms with Crippen LogP contribution in [0.15, 0.2) is 35.3 Å². The summed E-state index contributed by atoms with van der Waals surface area (Å²) in [4.78, 5) is 28.9. The Balaban J connectivity index is 1.99. The van der Waals surface area contributed by atoms with Crippen molar-refractivity contribution in [1.29, 1.82) is 0 Å². The fourth-order valence-electron chi connectivity index (χ4n) is 1.80. The number of benzene rings is 1. The lowest BCUT2D eigenvalue weighted by Crippen LogP contribution is -2.23. The summed E-state index contributed by atoms with van der Waals surface area (Å²) in [6, 6.07) is 6.60. The molecule has 2 aromatic heterocycles. The minimum atomic E-state index is -0.466. The number of nitrogens with zero attached hydrogens (tertiary/aromatic N) is 3. The summed E-state index contributed by atoms with van der Waals surface area (Å²) in [5.41, 5.74) is -0.0782. The molecule has 0 fully saturated rings. The Hall–Kier alpha value is -2.25. The molecule has 0 unspecified atom stereocenters. The SMILES string of the molecule is Cc1nn2c(=O)c(NC(=O)c3ccccc3Cl)cnc2s1. The maximum absolute atomic E-state index is 12.2. The Kier molecular flexibility index (Phi) is 3.44. The van der Waals surface area contributed by atoms with Crippen molar-refractivity contribution in [2.24, 2.45) is 0 Å². The number of hydrogen-bond acceptors (Lipinski definition) is 5. The topological polar surface area (TPSA) is 76.4 Å². The second-order valence-electron chi connectivity index (χ2n) is 4.23. The molecule has 0 saturated carbocycles. The van der Waals surface area contributed by atoms with Gasteiger partial charge in [-0.15, -0.1) is 0 Å². The molecule has 6 nitrogen and oxygen atoms in total. The molecule has 2 heterocycles. The number of carbonyl (C=O) groups excluding carboxylic acids is 1. The number of hydrogen-bond donors (Lipinski definition) is 1. The van der Waals surface area contributed by atoms with E-state index in [-0.39, 0.29) is 11.3 Å². The van der Waals surface area contributed by atoms with Crippen molar-refractivity contribution in [2.45, 2.75) is 6.92 Å². The van der Waals surface area contributed by atoms with E-state index in [1.807, 2.05) is 0 Å². The number of halogens is 1. The zero-order chi connectivity index (χ0) is 15.0. The highest BCUT2D eigenvalue weighted by Crippen LogP contribution is 2.16. The van der Waals surface area contributed by atoms with Crippen molar-refractivity contribution in [2.75, 3.05) is 5.32 Å². The summed E-state index contributed by atoms with van der Waals surface area (Å²) in [6.07, 6.45) is 1.32. The van der Waals surface area contributed by atoms with Crippen LogP contribution in [0.1, 0.15) is 15.4 Å². The lowest BCUT2D eigenvalue weighted by atomic mass is 10.2. The number of aromatic nitrogens is 3. The van der Waals surface area contributed by atoms with Gasteiger partial charge in [-0.1, -0.05) is 35.1 Å². The molecule has 0 bridgehead atoms. The van der Waals surface area contributed by atoms with Gasteiger partial charge in [-0.3, -0.25) is 9.59 Å². The first-order valence-corrected chi connectivity index (χ1v) is 7.17. The van der Waals surface area contributed by atoms with Crippen LogP contribution in [-0.2, 0) is 0 Å². The smallest absolute Gasteiger partial charge is 0.298 e. The predicted molar refractivity (Wildman–Crippen MR) is 81.3 cm³/mol.